The van der Waals surface area contributed by atoms with Crippen LogP contribution in [0.15, 0.2) is 0 Å². The molecular weight excluding hydrogens is 226 g/mol. The predicted octanol–water partition coefficient (Wildman–Crippen LogP) is 3.53. The summed E-state index contributed by atoms with van der Waals surface area (Å²) in [6, 6.07) is 0.692. The van der Waals surface area contributed by atoms with E-state index in [1.165, 1.54) is 25.9 Å². The van der Waals surface area contributed by atoms with Gasteiger partial charge in [-0.3, -0.25) is 0 Å². The van der Waals surface area contributed by atoms with E-state index in [1.54, 1.807) is 0 Å². The molecule has 0 saturated heterocycles. The predicted molar refractivity (Wildman–Crippen MR) is 64.6 cm³/mol. The third-order valence-electron chi connectivity index (χ3n) is 2.16. The van der Waals surface area contributed by atoms with Gasteiger partial charge in [0.15, 0.2) is 0 Å². The SMILES string of the molecule is CC(C)CN(CCCCBr)C(C)C. The smallest absolute Gasteiger partial charge is 0.00387 e. The molecule has 0 heterocycles. The zero-order valence-corrected chi connectivity index (χ0v) is 11.1. The number of halogens is 1. The lowest BCUT2D eigenvalue weighted by atomic mass is 10.1. The van der Waals surface area contributed by atoms with Gasteiger partial charge < -0.3 is 4.90 Å². The third kappa shape index (κ3) is 7.51. The van der Waals surface area contributed by atoms with Crippen LogP contribution in [0.3, 0.4) is 0 Å². The van der Waals surface area contributed by atoms with Crippen molar-refractivity contribution in [2.75, 3.05) is 18.4 Å². The fourth-order valence-electron chi connectivity index (χ4n) is 1.44. The van der Waals surface area contributed by atoms with Gasteiger partial charge in [-0.05, 0) is 39.2 Å². The molecule has 0 saturated carbocycles. The molecule has 0 aromatic heterocycles. The van der Waals surface area contributed by atoms with Crippen molar-refractivity contribution in [2.24, 2.45) is 5.92 Å². The van der Waals surface area contributed by atoms with Crippen LogP contribution in [0.2, 0.25) is 0 Å². The number of rotatable bonds is 7. The Bertz CT molecular complexity index is 113. The van der Waals surface area contributed by atoms with Crippen LogP contribution in [0, 0.1) is 5.92 Å². The molecule has 0 amide bonds. The largest absolute Gasteiger partial charge is 0.301 e. The summed E-state index contributed by atoms with van der Waals surface area (Å²) >= 11 is 3.47. The van der Waals surface area contributed by atoms with Crippen molar-refractivity contribution in [1.82, 2.24) is 4.90 Å². The first-order chi connectivity index (χ1) is 6.07. The average Bonchev–Trinajstić information content (AvgIpc) is 2.02. The van der Waals surface area contributed by atoms with Crippen molar-refractivity contribution in [1.29, 1.82) is 0 Å². The highest BCUT2D eigenvalue weighted by molar-refractivity contribution is 9.09. The number of hydrogen-bond donors (Lipinski definition) is 0. The minimum absolute atomic E-state index is 0.692. The standard InChI is InChI=1S/C11H24BrN/c1-10(2)9-13(11(3)4)8-6-5-7-12/h10-11H,5-9H2,1-4H3. The summed E-state index contributed by atoms with van der Waals surface area (Å²) in [5.41, 5.74) is 0. The molecule has 0 N–H and O–H groups in total. The lowest BCUT2D eigenvalue weighted by Gasteiger charge is -2.28. The molecular formula is C11H24BrN. The van der Waals surface area contributed by atoms with Gasteiger partial charge in [0, 0.05) is 17.9 Å². The second kappa shape index (κ2) is 7.81. The zero-order chi connectivity index (χ0) is 10.3. The van der Waals surface area contributed by atoms with Crippen LogP contribution in [-0.4, -0.2) is 29.4 Å². The molecule has 0 rings (SSSR count). The van der Waals surface area contributed by atoms with Gasteiger partial charge in [-0.15, -0.1) is 0 Å². The number of hydrogen-bond acceptors (Lipinski definition) is 1. The highest BCUT2D eigenvalue weighted by atomic mass is 79.9. The van der Waals surface area contributed by atoms with Crippen LogP contribution in [0.5, 0.6) is 0 Å². The topological polar surface area (TPSA) is 3.24 Å². The average molecular weight is 250 g/mol. The molecule has 0 bridgehead atoms. The Kier molecular flexibility index (Phi) is 8.07. The Hall–Kier alpha value is 0.440. The second-order valence-electron chi connectivity index (χ2n) is 4.38. The zero-order valence-electron chi connectivity index (χ0n) is 9.52. The van der Waals surface area contributed by atoms with Gasteiger partial charge in [0.05, 0.1) is 0 Å². The fourth-order valence-corrected chi connectivity index (χ4v) is 1.84. The first kappa shape index (κ1) is 13.4. The van der Waals surface area contributed by atoms with E-state index in [-0.39, 0.29) is 0 Å². The van der Waals surface area contributed by atoms with E-state index in [0.717, 1.165) is 11.2 Å². The second-order valence-corrected chi connectivity index (χ2v) is 5.17. The van der Waals surface area contributed by atoms with Crippen LogP contribution in [0.1, 0.15) is 40.5 Å². The van der Waals surface area contributed by atoms with Gasteiger partial charge in [-0.25, -0.2) is 0 Å². The first-order valence-electron chi connectivity index (χ1n) is 5.38. The summed E-state index contributed by atoms with van der Waals surface area (Å²) in [7, 11) is 0. The Balaban J connectivity index is 3.67. The van der Waals surface area contributed by atoms with E-state index in [9.17, 15) is 0 Å². The maximum absolute atomic E-state index is 3.47. The normalized spacial score (nSPS) is 12.0. The molecule has 0 atom stereocenters. The Labute approximate surface area is 92.0 Å². The molecule has 0 radical (unpaired) electrons. The molecule has 0 aromatic rings. The molecule has 0 unspecified atom stereocenters. The van der Waals surface area contributed by atoms with Crippen LogP contribution < -0.4 is 0 Å². The number of unbranched alkanes of at least 4 members (excludes halogenated alkanes) is 1. The highest BCUT2D eigenvalue weighted by Crippen LogP contribution is 2.06. The van der Waals surface area contributed by atoms with E-state index in [2.05, 4.69) is 48.5 Å². The van der Waals surface area contributed by atoms with Crippen molar-refractivity contribution >= 4 is 15.9 Å². The maximum atomic E-state index is 3.47. The minimum Gasteiger partial charge on any atom is -0.301 e. The molecule has 80 valence electrons. The van der Waals surface area contributed by atoms with Gasteiger partial charge in [0.1, 0.15) is 0 Å². The molecule has 13 heavy (non-hydrogen) atoms. The van der Waals surface area contributed by atoms with Gasteiger partial charge in [0.25, 0.3) is 0 Å². The molecule has 0 spiro atoms. The van der Waals surface area contributed by atoms with Crippen LogP contribution in [0.25, 0.3) is 0 Å². The van der Waals surface area contributed by atoms with Gasteiger partial charge in [-0.2, -0.15) is 0 Å². The van der Waals surface area contributed by atoms with Crippen molar-refractivity contribution in [2.45, 2.75) is 46.6 Å². The molecule has 2 heteroatoms. The van der Waals surface area contributed by atoms with Gasteiger partial charge >= 0.3 is 0 Å². The van der Waals surface area contributed by atoms with E-state index in [1.807, 2.05) is 0 Å². The van der Waals surface area contributed by atoms with Gasteiger partial charge in [-0.1, -0.05) is 29.8 Å². The molecule has 0 aliphatic heterocycles. The molecule has 0 aliphatic rings. The molecule has 0 fully saturated rings. The van der Waals surface area contributed by atoms with Crippen LogP contribution >= 0.6 is 15.9 Å². The Morgan fingerprint density at radius 2 is 1.69 bits per heavy atom. The summed E-state index contributed by atoms with van der Waals surface area (Å²) in [6.45, 7) is 11.6. The van der Waals surface area contributed by atoms with E-state index < -0.39 is 0 Å². The number of alkyl halides is 1. The lowest BCUT2D eigenvalue weighted by Crippen LogP contribution is -2.35. The van der Waals surface area contributed by atoms with E-state index in [4.69, 9.17) is 0 Å². The van der Waals surface area contributed by atoms with Crippen LogP contribution in [-0.2, 0) is 0 Å². The Morgan fingerprint density at radius 1 is 1.08 bits per heavy atom. The van der Waals surface area contributed by atoms with E-state index in [0.29, 0.717) is 6.04 Å². The lowest BCUT2D eigenvalue weighted by molar-refractivity contribution is 0.195. The quantitative estimate of drug-likeness (QED) is 0.493. The summed E-state index contributed by atoms with van der Waals surface area (Å²) in [5.74, 6) is 0.784. The van der Waals surface area contributed by atoms with Gasteiger partial charge in [0.2, 0.25) is 0 Å². The van der Waals surface area contributed by atoms with Crippen molar-refractivity contribution in [3.63, 3.8) is 0 Å². The van der Waals surface area contributed by atoms with E-state index >= 15 is 0 Å². The number of nitrogens with zero attached hydrogens (tertiary/aromatic N) is 1. The molecule has 0 aromatic carbocycles. The fraction of sp³-hybridized carbons (Fsp3) is 1.00. The molecule has 1 nitrogen and oxygen atoms in total. The highest BCUT2D eigenvalue weighted by Gasteiger charge is 2.09. The Morgan fingerprint density at radius 3 is 2.08 bits per heavy atom. The summed E-state index contributed by atoms with van der Waals surface area (Å²) < 4.78 is 0. The minimum atomic E-state index is 0.692. The van der Waals surface area contributed by atoms with Crippen molar-refractivity contribution in [3.05, 3.63) is 0 Å². The van der Waals surface area contributed by atoms with Crippen molar-refractivity contribution < 1.29 is 0 Å². The first-order valence-corrected chi connectivity index (χ1v) is 6.50. The summed E-state index contributed by atoms with van der Waals surface area (Å²) in [6.07, 6.45) is 2.61. The van der Waals surface area contributed by atoms with Crippen LogP contribution in [0.4, 0.5) is 0 Å². The summed E-state index contributed by atoms with van der Waals surface area (Å²) in [5, 5.41) is 1.14. The van der Waals surface area contributed by atoms with Crippen molar-refractivity contribution in [3.8, 4) is 0 Å². The monoisotopic (exact) mass is 249 g/mol. The molecule has 0 aliphatic carbocycles. The third-order valence-corrected chi connectivity index (χ3v) is 2.72. The summed E-state index contributed by atoms with van der Waals surface area (Å²) in [4.78, 5) is 2.58. The maximum Gasteiger partial charge on any atom is 0.00387 e.